The summed E-state index contributed by atoms with van der Waals surface area (Å²) in [5, 5.41) is 4.82. The van der Waals surface area contributed by atoms with Crippen LogP contribution in [0.2, 0.25) is 0 Å². The fraction of sp³-hybridized carbons (Fsp3) is 0.286. The zero-order chi connectivity index (χ0) is 15.2. The number of hydrogen-bond acceptors (Lipinski definition) is 6. The fourth-order valence-electron chi connectivity index (χ4n) is 1.67. The number of rotatable bonds is 6. The minimum atomic E-state index is -0.0697. The van der Waals surface area contributed by atoms with E-state index in [0.717, 1.165) is 10.0 Å². The molecule has 1 aromatic carbocycles. The van der Waals surface area contributed by atoms with Gasteiger partial charge in [0.15, 0.2) is 0 Å². The molecule has 1 heterocycles. The molecule has 2 aromatic rings. The number of aromatic nitrogens is 1. The van der Waals surface area contributed by atoms with E-state index in [1.165, 1.54) is 0 Å². The van der Waals surface area contributed by atoms with E-state index in [2.05, 4.69) is 10.3 Å². The number of nitrogens with two attached hydrogens (primary N) is 1. The molecule has 112 valence electrons. The minimum absolute atomic E-state index is 0.0697. The van der Waals surface area contributed by atoms with Gasteiger partial charge in [0.05, 0.1) is 12.8 Å². The summed E-state index contributed by atoms with van der Waals surface area (Å²) in [7, 11) is 1.56. The summed E-state index contributed by atoms with van der Waals surface area (Å²) >= 11 is 3.18. The van der Waals surface area contributed by atoms with E-state index < -0.39 is 0 Å². The predicted octanol–water partition coefficient (Wildman–Crippen LogP) is 3.16. The number of thiazole rings is 1. The Morgan fingerprint density at radius 1 is 1.52 bits per heavy atom. The summed E-state index contributed by atoms with van der Waals surface area (Å²) in [5.74, 6) is 1.21. The first-order valence-corrected chi connectivity index (χ1v) is 8.23. The highest BCUT2D eigenvalue weighted by molar-refractivity contribution is 8.01. The van der Waals surface area contributed by atoms with Crippen LogP contribution in [0, 0.1) is 6.92 Å². The molecular formula is C14H17N3O2S2. The Morgan fingerprint density at radius 3 is 3.00 bits per heavy atom. The van der Waals surface area contributed by atoms with Crippen molar-refractivity contribution < 1.29 is 9.53 Å². The third kappa shape index (κ3) is 4.64. The van der Waals surface area contributed by atoms with Crippen molar-refractivity contribution in [2.75, 3.05) is 23.9 Å². The van der Waals surface area contributed by atoms with Crippen molar-refractivity contribution in [2.45, 2.75) is 17.7 Å². The van der Waals surface area contributed by atoms with Crippen LogP contribution in [0.1, 0.15) is 12.1 Å². The van der Waals surface area contributed by atoms with Gasteiger partial charge in [0.1, 0.15) is 10.1 Å². The first-order chi connectivity index (χ1) is 10.1. The molecule has 0 aliphatic heterocycles. The Morgan fingerprint density at radius 2 is 2.33 bits per heavy atom. The molecule has 0 spiro atoms. The highest BCUT2D eigenvalue weighted by atomic mass is 32.2. The lowest BCUT2D eigenvalue weighted by Crippen LogP contribution is -2.13. The summed E-state index contributed by atoms with van der Waals surface area (Å²) in [5.41, 5.74) is 7.91. The molecule has 0 aliphatic rings. The van der Waals surface area contributed by atoms with Crippen LogP contribution >= 0.6 is 23.1 Å². The fourth-order valence-corrected chi connectivity index (χ4v) is 3.52. The average Bonchev–Trinajstić information content (AvgIpc) is 2.85. The van der Waals surface area contributed by atoms with Gasteiger partial charge in [-0.1, -0.05) is 11.8 Å². The van der Waals surface area contributed by atoms with Crippen molar-refractivity contribution in [3.05, 3.63) is 29.3 Å². The topological polar surface area (TPSA) is 77.2 Å². The number of methoxy groups -OCH3 is 1. The number of hydrogen-bond donors (Lipinski definition) is 2. The molecule has 0 fully saturated rings. The van der Waals surface area contributed by atoms with Crippen LogP contribution in [0.5, 0.6) is 5.75 Å². The van der Waals surface area contributed by atoms with Gasteiger partial charge in [0.25, 0.3) is 0 Å². The van der Waals surface area contributed by atoms with Crippen LogP contribution in [0.3, 0.4) is 0 Å². The van der Waals surface area contributed by atoms with Gasteiger partial charge in [0, 0.05) is 28.9 Å². The highest BCUT2D eigenvalue weighted by Gasteiger charge is 2.09. The maximum Gasteiger partial charge on any atom is 0.225 e. The normalized spacial score (nSPS) is 10.4. The first kappa shape index (κ1) is 15.7. The smallest absolute Gasteiger partial charge is 0.225 e. The largest absolute Gasteiger partial charge is 0.495 e. The van der Waals surface area contributed by atoms with E-state index in [-0.39, 0.29) is 5.91 Å². The van der Waals surface area contributed by atoms with Crippen LogP contribution in [-0.2, 0) is 4.79 Å². The van der Waals surface area contributed by atoms with Crippen molar-refractivity contribution in [3.63, 3.8) is 0 Å². The van der Waals surface area contributed by atoms with Gasteiger partial charge in [-0.25, -0.2) is 4.98 Å². The number of nitrogens with one attached hydrogen (secondary N) is 1. The Bertz CT molecular complexity index is 628. The van der Waals surface area contributed by atoms with Gasteiger partial charge >= 0.3 is 0 Å². The maximum absolute atomic E-state index is 11.9. The minimum Gasteiger partial charge on any atom is -0.495 e. The van der Waals surface area contributed by atoms with Gasteiger partial charge in [-0.15, -0.1) is 11.3 Å². The summed E-state index contributed by atoms with van der Waals surface area (Å²) in [6.07, 6.45) is 0.404. The molecule has 0 saturated carbocycles. The molecule has 0 saturated heterocycles. The van der Waals surface area contributed by atoms with Gasteiger partial charge in [-0.3, -0.25) is 4.79 Å². The van der Waals surface area contributed by atoms with E-state index in [1.807, 2.05) is 12.3 Å². The van der Waals surface area contributed by atoms with Gasteiger partial charge in [-0.2, -0.15) is 0 Å². The lowest BCUT2D eigenvalue weighted by atomic mass is 10.2. The Kier molecular flexibility index (Phi) is 5.46. The zero-order valence-corrected chi connectivity index (χ0v) is 13.5. The molecule has 7 heteroatoms. The SMILES string of the molecule is COc1ccc(N)cc1NC(=O)CCSc1nc(C)cs1. The van der Waals surface area contributed by atoms with Crippen molar-refractivity contribution in [3.8, 4) is 5.75 Å². The molecule has 1 amide bonds. The molecule has 1 aromatic heterocycles. The number of carbonyl (C=O) groups is 1. The molecule has 0 aliphatic carbocycles. The van der Waals surface area contributed by atoms with Gasteiger partial charge in [-0.05, 0) is 25.1 Å². The van der Waals surface area contributed by atoms with E-state index >= 15 is 0 Å². The summed E-state index contributed by atoms with van der Waals surface area (Å²) in [6, 6.07) is 5.15. The van der Waals surface area contributed by atoms with E-state index in [9.17, 15) is 4.79 Å². The molecule has 0 bridgehead atoms. The van der Waals surface area contributed by atoms with Gasteiger partial charge < -0.3 is 15.8 Å². The standard InChI is InChI=1S/C14H17N3O2S2/c1-9-8-21-14(16-9)20-6-5-13(18)17-11-7-10(15)3-4-12(11)19-2/h3-4,7-8H,5-6,15H2,1-2H3,(H,17,18). The number of amides is 1. The molecule has 21 heavy (non-hydrogen) atoms. The molecule has 2 rings (SSSR count). The number of nitrogens with zero attached hydrogens (tertiary/aromatic N) is 1. The quantitative estimate of drug-likeness (QED) is 0.631. The lowest BCUT2D eigenvalue weighted by molar-refractivity contribution is -0.115. The second-order valence-corrected chi connectivity index (χ2v) is 6.56. The third-order valence-corrected chi connectivity index (χ3v) is 4.79. The second-order valence-electron chi connectivity index (χ2n) is 4.36. The van der Waals surface area contributed by atoms with Crippen LogP contribution in [-0.4, -0.2) is 23.8 Å². The monoisotopic (exact) mass is 323 g/mol. The van der Waals surface area contributed by atoms with Crippen molar-refractivity contribution >= 4 is 40.4 Å². The molecular weight excluding hydrogens is 306 g/mol. The summed E-state index contributed by atoms with van der Waals surface area (Å²) in [4.78, 5) is 16.3. The van der Waals surface area contributed by atoms with Gasteiger partial charge in [0.2, 0.25) is 5.91 Å². The number of thioether (sulfide) groups is 1. The number of ether oxygens (including phenoxy) is 1. The molecule has 0 radical (unpaired) electrons. The van der Waals surface area contributed by atoms with Crippen LogP contribution in [0.15, 0.2) is 27.9 Å². The van der Waals surface area contributed by atoms with E-state index in [4.69, 9.17) is 10.5 Å². The van der Waals surface area contributed by atoms with Crippen molar-refractivity contribution in [1.29, 1.82) is 0 Å². The van der Waals surface area contributed by atoms with Crippen LogP contribution in [0.25, 0.3) is 0 Å². The highest BCUT2D eigenvalue weighted by Crippen LogP contribution is 2.27. The Labute approximate surface area is 131 Å². The number of aryl methyl sites for hydroxylation is 1. The Hall–Kier alpha value is -1.73. The average molecular weight is 323 g/mol. The summed E-state index contributed by atoms with van der Waals surface area (Å²) < 4.78 is 6.18. The maximum atomic E-state index is 11.9. The number of nitrogen functional groups attached to an aromatic ring is 1. The Balaban J connectivity index is 1.85. The third-order valence-electron chi connectivity index (χ3n) is 2.65. The van der Waals surface area contributed by atoms with Crippen molar-refractivity contribution in [2.24, 2.45) is 0 Å². The number of benzene rings is 1. The molecule has 0 atom stereocenters. The zero-order valence-electron chi connectivity index (χ0n) is 11.9. The number of anilines is 2. The second kappa shape index (κ2) is 7.33. The number of carbonyl (C=O) groups excluding carboxylic acids is 1. The van der Waals surface area contributed by atoms with Crippen LogP contribution < -0.4 is 15.8 Å². The van der Waals surface area contributed by atoms with E-state index in [1.54, 1.807) is 48.4 Å². The summed E-state index contributed by atoms with van der Waals surface area (Å²) in [6.45, 7) is 1.96. The van der Waals surface area contributed by atoms with Crippen LogP contribution in [0.4, 0.5) is 11.4 Å². The predicted molar refractivity (Wildman–Crippen MR) is 88.2 cm³/mol. The molecule has 3 N–H and O–H groups in total. The molecule has 0 unspecified atom stereocenters. The van der Waals surface area contributed by atoms with E-state index in [0.29, 0.717) is 29.3 Å². The van der Waals surface area contributed by atoms with Crippen molar-refractivity contribution in [1.82, 2.24) is 4.98 Å². The lowest BCUT2D eigenvalue weighted by Gasteiger charge is -2.10. The molecule has 5 nitrogen and oxygen atoms in total. The first-order valence-electron chi connectivity index (χ1n) is 6.37.